The Morgan fingerprint density at radius 2 is 1.78 bits per heavy atom. The van der Waals surface area contributed by atoms with E-state index in [1.807, 2.05) is 4.90 Å². The van der Waals surface area contributed by atoms with Crippen LogP contribution >= 0.6 is 23.4 Å². The zero-order valence-electron chi connectivity index (χ0n) is 16.5. The highest BCUT2D eigenvalue weighted by Crippen LogP contribution is 2.31. The number of amides is 1. The largest absolute Gasteiger partial charge is 0.348 e. The highest BCUT2D eigenvalue weighted by atomic mass is 35.5. The average Bonchev–Trinajstić information content (AvgIpc) is 3.14. The summed E-state index contributed by atoms with van der Waals surface area (Å²) in [6.45, 7) is 1.28. The molecular formula is C20H17ClN4O5S2. The summed E-state index contributed by atoms with van der Waals surface area (Å²) in [6.07, 6.45) is 1.57. The minimum Gasteiger partial charge on any atom is -0.348 e. The number of nitrogens with zero attached hydrogens (tertiary/aromatic N) is 4. The van der Waals surface area contributed by atoms with Gasteiger partial charge in [-0.2, -0.15) is 9.30 Å². The second kappa shape index (κ2) is 9.02. The molecule has 1 fully saturated rings. The molecule has 1 saturated heterocycles. The summed E-state index contributed by atoms with van der Waals surface area (Å²) in [6, 6.07) is 12.0. The number of amidine groups is 1. The third kappa shape index (κ3) is 4.70. The van der Waals surface area contributed by atoms with E-state index in [0.717, 1.165) is 0 Å². The van der Waals surface area contributed by atoms with Crippen molar-refractivity contribution in [1.29, 1.82) is 0 Å². The van der Waals surface area contributed by atoms with Crippen molar-refractivity contribution >= 4 is 56.2 Å². The predicted octanol–water partition coefficient (Wildman–Crippen LogP) is 3.23. The molecule has 0 aliphatic carbocycles. The van der Waals surface area contributed by atoms with Crippen molar-refractivity contribution in [2.24, 2.45) is 4.99 Å². The fourth-order valence-electron chi connectivity index (χ4n) is 3.29. The lowest BCUT2D eigenvalue weighted by Gasteiger charge is -2.34. The number of non-ortho nitro benzene ring substituents is 1. The quantitative estimate of drug-likeness (QED) is 0.365. The Balaban J connectivity index is 1.42. The van der Waals surface area contributed by atoms with Gasteiger partial charge in [0.15, 0.2) is 5.17 Å². The second-order valence-corrected chi connectivity index (χ2v) is 10.4. The Labute approximate surface area is 193 Å². The molecular weight excluding hydrogens is 476 g/mol. The van der Waals surface area contributed by atoms with Crippen LogP contribution in [0.4, 0.5) is 5.69 Å². The van der Waals surface area contributed by atoms with E-state index in [1.165, 1.54) is 52.5 Å². The van der Waals surface area contributed by atoms with Crippen LogP contribution in [0, 0.1) is 10.1 Å². The van der Waals surface area contributed by atoms with Gasteiger partial charge >= 0.3 is 0 Å². The summed E-state index contributed by atoms with van der Waals surface area (Å²) in [5.41, 5.74) is 0.472. The smallest absolute Gasteiger partial charge is 0.286 e. The number of halogens is 1. The molecule has 0 N–H and O–H groups in total. The maximum Gasteiger partial charge on any atom is 0.286 e. The summed E-state index contributed by atoms with van der Waals surface area (Å²) in [7, 11) is -3.63. The van der Waals surface area contributed by atoms with Crippen molar-refractivity contribution in [1.82, 2.24) is 9.21 Å². The number of thioether (sulfide) groups is 1. The standard InChI is InChI=1S/C20H17ClN4O5S2/c21-15-4-6-17(7-5-15)32(29,30)24-10-8-23(9-11-24)20-22-19(26)18(31-20)13-14-2-1-3-16(12-14)25(27)28/h1-7,12-13H,8-11H2. The second-order valence-electron chi connectivity index (χ2n) is 7.01. The molecule has 0 atom stereocenters. The fraction of sp³-hybridized carbons (Fsp3) is 0.200. The molecule has 9 nitrogen and oxygen atoms in total. The zero-order chi connectivity index (χ0) is 22.9. The number of sulfonamides is 1. The van der Waals surface area contributed by atoms with Gasteiger partial charge in [0.2, 0.25) is 10.0 Å². The molecule has 0 spiro atoms. The topological polar surface area (TPSA) is 113 Å². The van der Waals surface area contributed by atoms with Gasteiger partial charge in [-0.3, -0.25) is 14.9 Å². The van der Waals surface area contributed by atoms with Gasteiger partial charge in [0.1, 0.15) is 0 Å². The van der Waals surface area contributed by atoms with E-state index in [0.29, 0.717) is 33.7 Å². The molecule has 0 unspecified atom stereocenters. The maximum atomic E-state index is 12.8. The number of nitro benzene ring substituents is 1. The van der Waals surface area contributed by atoms with E-state index in [-0.39, 0.29) is 23.7 Å². The minimum atomic E-state index is -3.63. The molecule has 2 aromatic carbocycles. The van der Waals surface area contributed by atoms with E-state index in [4.69, 9.17) is 11.6 Å². The van der Waals surface area contributed by atoms with Crippen LogP contribution in [0.5, 0.6) is 0 Å². The summed E-state index contributed by atoms with van der Waals surface area (Å²) in [4.78, 5) is 29.3. The fourth-order valence-corrected chi connectivity index (χ4v) is 5.80. The van der Waals surface area contributed by atoms with Crippen molar-refractivity contribution in [3.05, 3.63) is 74.1 Å². The van der Waals surface area contributed by atoms with E-state index in [9.17, 15) is 23.3 Å². The third-order valence-electron chi connectivity index (χ3n) is 4.95. The number of hydrogen-bond donors (Lipinski definition) is 0. The number of carbonyl (C=O) groups excluding carboxylic acids is 1. The third-order valence-corrected chi connectivity index (χ3v) is 8.16. The first kappa shape index (κ1) is 22.5. The first-order valence-electron chi connectivity index (χ1n) is 9.52. The summed E-state index contributed by atoms with van der Waals surface area (Å²) >= 11 is 7.02. The number of benzene rings is 2. The Bertz CT molecular complexity index is 1240. The summed E-state index contributed by atoms with van der Waals surface area (Å²) in [5.74, 6) is -0.423. The van der Waals surface area contributed by atoms with Crippen molar-refractivity contribution in [3.8, 4) is 0 Å². The van der Waals surface area contributed by atoms with E-state index in [1.54, 1.807) is 18.2 Å². The van der Waals surface area contributed by atoms with Crippen LogP contribution in [0.3, 0.4) is 0 Å². The molecule has 0 aromatic heterocycles. The van der Waals surface area contributed by atoms with Crippen LogP contribution in [-0.4, -0.2) is 59.8 Å². The van der Waals surface area contributed by atoms with Crippen molar-refractivity contribution in [3.63, 3.8) is 0 Å². The molecule has 0 radical (unpaired) electrons. The molecule has 2 aliphatic heterocycles. The Morgan fingerprint density at radius 1 is 1.09 bits per heavy atom. The average molecular weight is 493 g/mol. The summed E-state index contributed by atoms with van der Waals surface area (Å²) < 4.78 is 27.1. The van der Waals surface area contributed by atoms with E-state index >= 15 is 0 Å². The number of aliphatic imine (C=N–C) groups is 1. The molecule has 166 valence electrons. The van der Waals surface area contributed by atoms with Gasteiger partial charge in [0, 0.05) is 43.3 Å². The Hall–Kier alpha value is -2.73. The van der Waals surface area contributed by atoms with Gasteiger partial charge in [-0.05, 0) is 47.7 Å². The Kier molecular flexibility index (Phi) is 6.33. The number of rotatable bonds is 4. The van der Waals surface area contributed by atoms with E-state index in [2.05, 4.69) is 4.99 Å². The molecule has 4 rings (SSSR count). The monoisotopic (exact) mass is 492 g/mol. The normalized spacial score (nSPS) is 18.8. The van der Waals surface area contributed by atoms with Crippen molar-refractivity contribution < 1.29 is 18.1 Å². The predicted molar refractivity (Wildman–Crippen MR) is 123 cm³/mol. The number of nitro groups is 1. The number of piperazine rings is 1. The molecule has 2 heterocycles. The van der Waals surface area contributed by atoms with Gasteiger partial charge < -0.3 is 4.90 Å². The van der Waals surface area contributed by atoms with Gasteiger partial charge in [-0.15, -0.1) is 0 Å². The molecule has 12 heteroatoms. The van der Waals surface area contributed by atoms with Crippen LogP contribution in [0.2, 0.25) is 5.02 Å². The lowest BCUT2D eigenvalue weighted by molar-refractivity contribution is -0.384. The lowest BCUT2D eigenvalue weighted by Crippen LogP contribution is -2.49. The van der Waals surface area contributed by atoms with Crippen LogP contribution < -0.4 is 0 Å². The van der Waals surface area contributed by atoms with Gasteiger partial charge in [0.05, 0.1) is 14.7 Å². The van der Waals surface area contributed by atoms with Crippen molar-refractivity contribution in [2.75, 3.05) is 26.2 Å². The maximum absolute atomic E-state index is 12.8. The van der Waals surface area contributed by atoms with Crippen LogP contribution in [0.15, 0.2) is 63.3 Å². The highest BCUT2D eigenvalue weighted by molar-refractivity contribution is 8.18. The van der Waals surface area contributed by atoms with E-state index < -0.39 is 20.9 Å². The van der Waals surface area contributed by atoms with Crippen molar-refractivity contribution in [2.45, 2.75) is 4.90 Å². The van der Waals surface area contributed by atoms with Crippen LogP contribution in [0.1, 0.15) is 5.56 Å². The molecule has 0 saturated carbocycles. The van der Waals surface area contributed by atoms with Gasteiger partial charge in [-0.1, -0.05) is 23.7 Å². The number of hydrogen-bond acceptors (Lipinski definition) is 7. The minimum absolute atomic E-state index is 0.0612. The van der Waals surface area contributed by atoms with Gasteiger partial charge in [0.25, 0.3) is 11.6 Å². The van der Waals surface area contributed by atoms with Gasteiger partial charge in [-0.25, -0.2) is 8.42 Å². The lowest BCUT2D eigenvalue weighted by atomic mass is 10.2. The van der Waals surface area contributed by atoms with Crippen LogP contribution in [0.25, 0.3) is 6.08 Å². The highest BCUT2D eigenvalue weighted by Gasteiger charge is 2.32. The molecule has 0 bridgehead atoms. The molecule has 1 amide bonds. The molecule has 2 aromatic rings. The SMILES string of the molecule is O=C1N=C(N2CCN(S(=O)(=O)c3ccc(Cl)cc3)CC2)SC1=Cc1cccc([N+](=O)[O-])c1. The first-order valence-corrected chi connectivity index (χ1v) is 12.2. The summed E-state index contributed by atoms with van der Waals surface area (Å²) in [5, 5.41) is 11.9. The molecule has 2 aliphatic rings. The first-order chi connectivity index (χ1) is 15.2. The zero-order valence-corrected chi connectivity index (χ0v) is 18.9. The Morgan fingerprint density at radius 3 is 2.44 bits per heavy atom. The van der Waals surface area contributed by atoms with Crippen LogP contribution in [-0.2, 0) is 14.8 Å². The number of carbonyl (C=O) groups is 1. The molecule has 32 heavy (non-hydrogen) atoms.